The third-order valence-electron chi connectivity index (χ3n) is 4.83. The molecule has 9 nitrogen and oxygen atoms in total. The number of hydrogen-bond donors (Lipinski definition) is 2. The first kappa shape index (κ1) is 30.3. The number of piperazine rings is 1. The summed E-state index contributed by atoms with van der Waals surface area (Å²) in [6, 6.07) is 11.1. The highest BCUT2D eigenvalue weighted by atomic mass is 32.2. The fourth-order valence-electron chi connectivity index (χ4n) is 2.76. The van der Waals surface area contributed by atoms with Crippen LogP contribution >= 0.6 is 0 Å². The van der Waals surface area contributed by atoms with Gasteiger partial charge in [-0.25, -0.2) is 8.42 Å². The first-order valence-electron chi connectivity index (χ1n) is 12.0. The molecule has 0 aliphatic carbocycles. The molecule has 0 amide bonds. The molecular weight excluding hydrogens is 468 g/mol. The van der Waals surface area contributed by atoms with Crippen LogP contribution in [0, 0.1) is 12.3 Å². The Hall–Kier alpha value is -2.71. The molecule has 0 unspecified atom stereocenters. The molecule has 1 saturated heterocycles. The van der Waals surface area contributed by atoms with Crippen LogP contribution in [0.2, 0.25) is 0 Å². The van der Waals surface area contributed by atoms with Crippen molar-refractivity contribution >= 4 is 15.8 Å². The summed E-state index contributed by atoms with van der Waals surface area (Å²) in [4.78, 5) is 3.06. The molecule has 2 N–H and O–H groups in total. The normalized spacial score (nSPS) is 12.8. The van der Waals surface area contributed by atoms with Crippen molar-refractivity contribution in [3.63, 3.8) is 0 Å². The van der Waals surface area contributed by atoms with Gasteiger partial charge in [0, 0.05) is 26.2 Å². The third kappa shape index (κ3) is 13.7. The van der Waals surface area contributed by atoms with Crippen molar-refractivity contribution in [2.45, 2.75) is 51.3 Å². The standard InChI is InChI=1S/C14H21N2O2.C7H8O3S.C4H10N2/c1-3-5-9-17-12-7-8-14(13(11-12)16-15)18-10-6-4-2;1-6-2-4-7(5-3-6)11(8,9)10;1-2-6-4-3-5-1/h7-8,11H,3-6,9-10H2,1-2H3;2-5H,1H3,(H,8,9,10);5-6H,1-4H2/q+1;;/p-1. The zero-order valence-corrected chi connectivity index (χ0v) is 21.8. The number of nitrogens with zero attached hydrogens (tertiary/aromatic N) is 2. The molecule has 1 aliphatic heterocycles. The summed E-state index contributed by atoms with van der Waals surface area (Å²) in [5, 5.41) is 15.4. The van der Waals surface area contributed by atoms with Crippen molar-refractivity contribution in [3.05, 3.63) is 53.0 Å². The van der Waals surface area contributed by atoms with Gasteiger partial charge in [-0.05, 0) is 44.0 Å². The molecule has 3 rings (SSSR count). The van der Waals surface area contributed by atoms with Crippen molar-refractivity contribution in [3.8, 4) is 11.5 Å². The van der Waals surface area contributed by atoms with Gasteiger partial charge in [0.25, 0.3) is 0 Å². The van der Waals surface area contributed by atoms with E-state index < -0.39 is 10.1 Å². The molecule has 35 heavy (non-hydrogen) atoms. The maximum atomic E-state index is 10.4. The van der Waals surface area contributed by atoms with E-state index in [1.807, 2.05) is 13.0 Å². The topological polar surface area (TPSA) is 128 Å². The Morgan fingerprint density at radius 3 is 1.91 bits per heavy atom. The fraction of sp³-hybridized carbons (Fsp3) is 0.520. The maximum absolute atomic E-state index is 10.4. The lowest BCUT2D eigenvalue weighted by Gasteiger charge is -2.11. The molecule has 2 aromatic rings. The SMILES string of the molecule is C1CNCCN1.CCCCOc1ccc(OCCCC)c([N+]#N)c1.Cc1ccc(S(=O)(=O)[O-])cc1. The number of nitrogens with one attached hydrogen (secondary N) is 2. The minimum atomic E-state index is -4.27. The molecule has 1 heterocycles. The largest absolute Gasteiger partial charge is 0.744 e. The van der Waals surface area contributed by atoms with Gasteiger partial charge in [0.1, 0.15) is 15.9 Å². The molecule has 1 aliphatic rings. The van der Waals surface area contributed by atoms with Crippen LogP contribution in [0.25, 0.3) is 4.98 Å². The molecule has 194 valence electrons. The second kappa shape index (κ2) is 17.7. The fourth-order valence-corrected chi connectivity index (χ4v) is 3.23. The van der Waals surface area contributed by atoms with Crippen molar-refractivity contribution in [2.24, 2.45) is 0 Å². The third-order valence-corrected chi connectivity index (χ3v) is 5.68. The van der Waals surface area contributed by atoms with E-state index >= 15 is 0 Å². The smallest absolute Gasteiger partial charge is 0.429 e. The second-order valence-electron chi connectivity index (χ2n) is 7.90. The summed E-state index contributed by atoms with van der Waals surface area (Å²) in [5.74, 6) is 1.30. The van der Waals surface area contributed by atoms with Gasteiger partial charge >= 0.3 is 5.69 Å². The van der Waals surface area contributed by atoms with Gasteiger partial charge in [-0.2, -0.15) is 0 Å². The zero-order chi connectivity index (χ0) is 25.9. The monoisotopic (exact) mass is 506 g/mol. The Morgan fingerprint density at radius 2 is 1.46 bits per heavy atom. The predicted octanol–water partition coefficient (Wildman–Crippen LogP) is 4.61. The van der Waals surface area contributed by atoms with Crippen molar-refractivity contribution in [2.75, 3.05) is 39.4 Å². The summed E-state index contributed by atoms with van der Waals surface area (Å²) < 4.78 is 42.2. The maximum Gasteiger partial charge on any atom is 0.429 e. The van der Waals surface area contributed by atoms with E-state index in [9.17, 15) is 13.0 Å². The van der Waals surface area contributed by atoms with Gasteiger partial charge in [-0.15, -0.1) is 0 Å². The van der Waals surface area contributed by atoms with Crippen LogP contribution in [0.15, 0.2) is 47.4 Å². The first-order chi connectivity index (χ1) is 16.8. The Kier molecular flexibility index (Phi) is 15.3. The van der Waals surface area contributed by atoms with Crippen LogP contribution < -0.4 is 20.1 Å². The van der Waals surface area contributed by atoms with E-state index in [0.717, 1.165) is 57.4 Å². The zero-order valence-electron chi connectivity index (χ0n) is 21.0. The quantitative estimate of drug-likeness (QED) is 0.287. The number of hydrogen-bond acceptors (Lipinski definition) is 8. The summed E-state index contributed by atoms with van der Waals surface area (Å²) in [6.07, 6.45) is 4.17. The Balaban J connectivity index is 0.000000302. The molecule has 0 aromatic heterocycles. The van der Waals surface area contributed by atoms with Gasteiger partial charge in [0.2, 0.25) is 11.1 Å². The lowest BCUT2D eigenvalue weighted by molar-refractivity contribution is 0.302. The molecule has 2 aromatic carbocycles. The van der Waals surface area contributed by atoms with Crippen LogP contribution in [0.4, 0.5) is 5.69 Å². The molecule has 10 heteroatoms. The molecule has 1 fully saturated rings. The van der Waals surface area contributed by atoms with Crippen LogP contribution in [0.1, 0.15) is 45.1 Å². The number of unbranched alkanes of at least 4 members (excludes halogenated alkanes) is 2. The molecule has 0 bridgehead atoms. The van der Waals surface area contributed by atoms with Crippen LogP contribution in [0.5, 0.6) is 11.5 Å². The van der Waals surface area contributed by atoms with E-state index in [2.05, 4.69) is 29.5 Å². The van der Waals surface area contributed by atoms with E-state index in [4.69, 9.17) is 14.9 Å². The van der Waals surface area contributed by atoms with E-state index in [1.54, 1.807) is 24.3 Å². The Labute approximate surface area is 209 Å². The number of benzene rings is 2. The summed E-state index contributed by atoms with van der Waals surface area (Å²) in [7, 11) is -4.27. The lowest BCUT2D eigenvalue weighted by atomic mass is 10.2. The van der Waals surface area contributed by atoms with Crippen LogP contribution in [-0.4, -0.2) is 52.4 Å². The van der Waals surface area contributed by atoms with Gasteiger partial charge in [-0.3, -0.25) is 0 Å². The summed E-state index contributed by atoms with van der Waals surface area (Å²) in [5.41, 5.74) is 1.34. The van der Waals surface area contributed by atoms with Crippen LogP contribution in [0.3, 0.4) is 0 Å². The minimum absolute atomic E-state index is 0.178. The Morgan fingerprint density at radius 1 is 0.914 bits per heavy atom. The molecule has 0 spiro atoms. The van der Waals surface area contributed by atoms with Gasteiger partial charge in [-0.1, -0.05) is 44.4 Å². The van der Waals surface area contributed by atoms with Gasteiger partial charge in [0.05, 0.1) is 24.2 Å². The van der Waals surface area contributed by atoms with E-state index in [1.165, 1.54) is 12.1 Å². The average molecular weight is 507 g/mol. The van der Waals surface area contributed by atoms with Gasteiger partial charge in [0.15, 0.2) is 4.98 Å². The van der Waals surface area contributed by atoms with Crippen molar-refractivity contribution in [1.29, 1.82) is 5.39 Å². The number of rotatable bonds is 9. The average Bonchev–Trinajstić information content (AvgIpc) is 2.86. The minimum Gasteiger partial charge on any atom is -0.744 e. The highest BCUT2D eigenvalue weighted by molar-refractivity contribution is 7.85. The summed E-state index contributed by atoms with van der Waals surface area (Å²) in [6.45, 7) is 11.9. The number of diazo groups is 1. The lowest BCUT2D eigenvalue weighted by Crippen LogP contribution is -2.39. The highest BCUT2D eigenvalue weighted by Gasteiger charge is 2.16. The highest BCUT2D eigenvalue weighted by Crippen LogP contribution is 2.32. The first-order valence-corrected chi connectivity index (χ1v) is 13.4. The van der Waals surface area contributed by atoms with Crippen molar-refractivity contribution < 1.29 is 22.4 Å². The van der Waals surface area contributed by atoms with E-state index in [-0.39, 0.29) is 4.90 Å². The molecular formula is C25H38N4O5S. The van der Waals surface area contributed by atoms with Gasteiger partial charge < -0.3 is 24.7 Å². The predicted molar refractivity (Wildman–Crippen MR) is 137 cm³/mol. The molecule has 0 saturated carbocycles. The Bertz CT molecular complexity index is 976. The number of ether oxygens (including phenoxy) is 2. The molecule has 0 radical (unpaired) electrons. The second-order valence-corrected chi connectivity index (χ2v) is 9.28. The van der Waals surface area contributed by atoms with Crippen LogP contribution in [-0.2, 0) is 10.1 Å². The molecule has 0 atom stereocenters. The summed E-state index contributed by atoms with van der Waals surface area (Å²) >= 11 is 0. The number of aryl methyl sites for hydroxylation is 1. The van der Waals surface area contributed by atoms with Crippen molar-refractivity contribution in [1.82, 2.24) is 10.6 Å². The van der Waals surface area contributed by atoms with E-state index in [0.29, 0.717) is 30.4 Å².